The van der Waals surface area contributed by atoms with Crippen LogP contribution in [0.5, 0.6) is 11.5 Å². The molecule has 7 aromatic rings. The predicted molar refractivity (Wildman–Crippen MR) is 200 cm³/mol. The lowest BCUT2D eigenvalue weighted by Gasteiger charge is -2.13. The number of phenolic OH excluding ortho intramolecular Hbond substituents is 2. The number of azo groups is 2. The largest absolute Gasteiger partial charge is 0.507 e. The van der Waals surface area contributed by atoms with Crippen molar-refractivity contribution >= 4 is 72.3 Å². The Morgan fingerprint density at radius 1 is 0.655 bits per heavy atom. The molecule has 0 spiro atoms. The average molecular weight is 759 g/mol. The maximum atomic E-state index is 13.2. The third-order valence-electron chi connectivity index (χ3n) is 7.65. The van der Waals surface area contributed by atoms with Crippen LogP contribution in [0.1, 0.15) is 20.7 Å². The number of hydrogen-bond donors (Lipinski definition) is 6. The van der Waals surface area contributed by atoms with Crippen molar-refractivity contribution in [3.63, 3.8) is 0 Å². The summed E-state index contributed by atoms with van der Waals surface area (Å²) in [4.78, 5) is 44.1. The highest BCUT2D eigenvalue weighted by Crippen LogP contribution is 2.40. The lowest BCUT2D eigenvalue weighted by atomic mass is 10.1. The Morgan fingerprint density at radius 3 is 1.84 bits per heavy atom. The van der Waals surface area contributed by atoms with Crippen LogP contribution in [0.15, 0.2) is 152 Å². The zero-order valence-corrected chi connectivity index (χ0v) is 28.8. The number of fused-ring (bicyclic) bond motifs is 2. The van der Waals surface area contributed by atoms with E-state index in [1.807, 2.05) is 0 Å². The molecule has 3 aromatic heterocycles. The monoisotopic (exact) mass is 758 g/mol. The molecule has 0 amide bonds. The van der Waals surface area contributed by atoms with Gasteiger partial charge in [-0.25, -0.2) is 28.0 Å². The van der Waals surface area contributed by atoms with E-state index in [2.05, 4.69) is 40.1 Å². The molecule has 7 rings (SSSR count). The number of H-pyrrole nitrogens is 1. The molecule has 4 aromatic carbocycles. The number of carboxylic acid groups (broad SMARTS) is 2. The van der Waals surface area contributed by atoms with Gasteiger partial charge in [0, 0.05) is 34.2 Å². The number of carbonyl (C=O) groups is 2. The third kappa shape index (κ3) is 8.45. The second-order valence-corrected chi connectivity index (χ2v) is 12.9. The predicted octanol–water partition coefficient (Wildman–Crippen LogP) is 7.60. The minimum Gasteiger partial charge on any atom is -0.507 e. The Morgan fingerprint density at radius 2 is 1.25 bits per heavy atom. The standard InChI is InChI=1S/C22H16N4O5S.C15H10N4O4/c27-21-17-6-2-1-5-16(17)19(13-18(21)24-25-20-7-3-4-12-23-20)32(30,31)26-15-10-8-14(9-11-15)22(28)29;20-11-5-4-10(18-19-12-3-1-2-6-16-12)13-8(11)7-9(15(22)23)14(21)17-13/h1-13,26-27H,(H,28,29);1-7,20H,(H,17,21)(H,22,23). The van der Waals surface area contributed by atoms with Crippen LogP contribution in [-0.4, -0.2) is 55.7 Å². The SMILES string of the molecule is O=C(O)c1cc2c(O)ccc(N=Nc3ccccn3)c2[nH]c1=O.O=C(O)c1ccc(NS(=O)(=O)c2cc(N=Nc3ccccn3)c(O)c3ccccc23)cc1. The van der Waals surface area contributed by atoms with Gasteiger partial charge < -0.3 is 25.4 Å². The molecule has 0 fully saturated rings. The molecule has 0 aliphatic carbocycles. The quantitative estimate of drug-likeness (QED) is 0.0780. The Labute approximate surface area is 309 Å². The number of rotatable bonds is 9. The van der Waals surface area contributed by atoms with E-state index in [9.17, 15) is 33.0 Å². The fourth-order valence-electron chi connectivity index (χ4n) is 5.05. The summed E-state index contributed by atoms with van der Waals surface area (Å²) in [5, 5.41) is 55.1. The van der Waals surface area contributed by atoms with Gasteiger partial charge in [0.1, 0.15) is 22.7 Å². The Hall–Kier alpha value is -7.86. The van der Waals surface area contributed by atoms with Gasteiger partial charge >= 0.3 is 11.9 Å². The molecule has 18 heteroatoms. The minimum absolute atomic E-state index is 0.0280. The van der Waals surface area contributed by atoms with E-state index in [0.29, 0.717) is 11.6 Å². The molecule has 0 saturated carbocycles. The zero-order chi connectivity index (χ0) is 39.1. The Balaban J connectivity index is 0.000000197. The van der Waals surface area contributed by atoms with Gasteiger partial charge in [-0.15, -0.1) is 20.5 Å². The van der Waals surface area contributed by atoms with Gasteiger partial charge in [0.05, 0.1) is 16.0 Å². The molecule has 0 bridgehead atoms. The number of hydrogen-bond acceptors (Lipinski definition) is 13. The highest BCUT2D eigenvalue weighted by molar-refractivity contribution is 7.93. The highest BCUT2D eigenvalue weighted by Gasteiger charge is 2.22. The molecule has 55 heavy (non-hydrogen) atoms. The van der Waals surface area contributed by atoms with Crippen molar-refractivity contribution in [3.8, 4) is 11.5 Å². The van der Waals surface area contributed by atoms with Gasteiger partial charge in [0.2, 0.25) is 0 Å². The molecule has 0 aliphatic rings. The molecule has 3 heterocycles. The van der Waals surface area contributed by atoms with Gasteiger partial charge in [0.25, 0.3) is 15.6 Å². The van der Waals surface area contributed by atoms with Crippen LogP contribution in [0, 0.1) is 0 Å². The van der Waals surface area contributed by atoms with E-state index in [-0.39, 0.29) is 60.7 Å². The lowest BCUT2D eigenvalue weighted by Crippen LogP contribution is -2.16. The fourth-order valence-corrected chi connectivity index (χ4v) is 6.34. The van der Waals surface area contributed by atoms with Crippen molar-refractivity contribution in [2.75, 3.05) is 4.72 Å². The normalized spacial score (nSPS) is 11.4. The average Bonchev–Trinajstić information content (AvgIpc) is 3.18. The molecule has 0 saturated heterocycles. The van der Waals surface area contributed by atoms with Gasteiger partial charge in [-0.05, 0) is 72.8 Å². The Bertz CT molecular complexity index is 2800. The number of benzene rings is 4. The van der Waals surface area contributed by atoms with E-state index in [1.54, 1.807) is 66.9 Å². The number of anilines is 1. The number of carboxylic acids is 2. The molecular formula is C37H26N8O9S. The molecule has 0 aliphatic heterocycles. The smallest absolute Gasteiger partial charge is 0.341 e. The molecule has 0 radical (unpaired) electrons. The van der Waals surface area contributed by atoms with Gasteiger partial charge in [-0.1, -0.05) is 36.4 Å². The van der Waals surface area contributed by atoms with Gasteiger partial charge in [-0.2, -0.15) is 0 Å². The number of sulfonamides is 1. The van der Waals surface area contributed by atoms with Crippen LogP contribution in [0.4, 0.5) is 28.7 Å². The minimum atomic E-state index is -4.12. The summed E-state index contributed by atoms with van der Waals surface area (Å²) in [7, 11) is -4.12. The van der Waals surface area contributed by atoms with E-state index >= 15 is 0 Å². The summed E-state index contributed by atoms with van der Waals surface area (Å²) in [5.41, 5.74) is -0.617. The first-order valence-corrected chi connectivity index (χ1v) is 17.3. The van der Waals surface area contributed by atoms with Crippen molar-refractivity contribution < 1.29 is 38.4 Å². The van der Waals surface area contributed by atoms with Crippen LogP contribution in [-0.2, 0) is 10.0 Å². The fraction of sp³-hybridized carbons (Fsp3) is 0. The number of nitrogens with zero attached hydrogens (tertiary/aromatic N) is 6. The molecule has 274 valence electrons. The molecule has 0 unspecified atom stereocenters. The second-order valence-electron chi connectivity index (χ2n) is 11.3. The maximum Gasteiger partial charge on any atom is 0.341 e. The van der Waals surface area contributed by atoms with Crippen molar-refractivity contribution in [2.45, 2.75) is 4.90 Å². The van der Waals surface area contributed by atoms with E-state index in [0.717, 1.165) is 6.07 Å². The summed E-state index contributed by atoms with van der Waals surface area (Å²) < 4.78 is 28.8. The van der Waals surface area contributed by atoms with Crippen LogP contribution < -0.4 is 10.3 Å². The van der Waals surface area contributed by atoms with E-state index in [1.165, 1.54) is 48.7 Å². The summed E-state index contributed by atoms with van der Waals surface area (Å²) in [6.45, 7) is 0. The number of aromatic carboxylic acids is 2. The van der Waals surface area contributed by atoms with Crippen LogP contribution in [0.3, 0.4) is 0 Å². The first-order valence-electron chi connectivity index (χ1n) is 15.8. The number of nitrogens with one attached hydrogen (secondary N) is 2. The van der Waals surface area contributed by atoms with E-state index < -0.39 is 33.1 Å². The molecule has 0 atom stereocenters. The first-order chi connectivity index (χ1) is 26.4. The highest BCUT2D eigenvalue weighted by atomic mass is 32.2. The van der Waals surface area contributed by atoms with Crippen molar-refractivity contribution in [1.82, 2.24) is 15.0 Å². The lowest BCUT2D eigenvalue weighted by molar-refractivity contribution is 0.0685. The maximum absolute atomic E-state index is 13.2. The van der Waals surface area contributed by atoms with Crippen LogP contribution >= 0.6 is 0 Å². The second kappa shape index (κ2) is 15.8. The van der Waals surface area contributed by atoms with Gasteiger partial charge in [0.15, 0.2) is 17.4 Å². The topological polar surface area (TPSA) is 269 Å². The van der Waals surface area contributed by atoms with E-state index in [4.69, 9.17) is 10.2 Å². The summed E-state index contributed by atoms with van der Waals surface area (Å²) >= 11 is 0. The molecular weight excluding hydrogens is 733 g/mol. The summed E-state index contributed by atoms with van der Waals surface area (Å²) in [5.74, 6) is -2.22. The summed E-state index contributed by atoms with van der Waals surface area (Å²) in [6, 6.07) is 27.1. The van der Waals surface area contributed by atoms with Crippen molar-refractivity contribution in [3.05, 3.63) is 143 Å². The number of aromatic hydroxyl groups is 2. The van der Waals surface area contributed by atoms with Crippen LogP contribution in [0.25, 0.3) is 21.7 Å². The van der Waals surface area contributed by atoms with Crippen molar-refractivity contribution in [1.29, 1.82) is 0 Å². The van der Waals surface area contributed by atoms with Crippen molar-refractivity contribution in [2.24, 2.45) is 20.5 Å². The molecule has 17 nitrogen and oxygen atoms in total. The first kappa shape index (κ1) is 36.9. The number of aromatic nitrogens is 3. The summed E-state index contributed by atoms with van der Waals surface area (Å²) in [6.07, 6.45) is 3.09. The Kier molecular flexibility index (Phi) is 10.6. The number of pyridine rings is 3. The van der Waals surface area contributed by atoms with Crippen LogP contribution in [0.2, 0.25) is 0 Å². The molecule has 6 N–H and O–H groups in total. The number of aromatic amines is 1. The number of phenols is 2. The third-order valence-corrected chi connectivity index (χ3v) is 9.07. The van der Waals surface area contributed by atoms with Gasteiger partial charge in [-0.3, -0.25) is 9.52 Å². The zero-order valence-electron chi connectivity index (χ0n) is 28.0.